The van der Waals surface area contributed by atoms with Gasteiger partial charge >= 0.3 is 0 Å². The first-order valence-electron chi connectivity index (χ1n) is 8.38. The number of fused-ring (bicyclic) bond motifs is 1. The fourth-order valence-corrected chi connectivity index (χ4v) is 3.84. The number of nitrogens with zero attached hydrogens (tertiary/aromatic N) is 2. The van der Waals surface area contributed by atoms with Crippen LogP contribution in [0.2, 0.25) is 0 Å². The van der Waals surface area contributed by atoms with E-state index in [9.17, 15) is 9.18 Å². The van der Waals surface area contributed by atoms with E-state index in [0.717, 1.165) is 28.4 Å². The van der Waals surface area contributed by atoms with Gasteiger partial charge in [0.2, 0.25) is 0 Å². The monoisotopic (exact) mass is 400 g/mol. The molecular formula is C20H18BrFN2O. The van der Waals surface area contributed by atoms with Crippen molar-refractivity contribution in [1.82, 2.24) is 9.47 Å². The maximum atomic E-state index is 13.5. The number of aromatic nitrogens is 1. The van der Waals surface area contributed by atoms with E-state index in [1.807, 2.05) is 30.5 Å². The zero-order valence-electron chi connectivity index (χ0n) is 13.7. The topological polar surface area (TPSA) is 25.2 Å². The lowest BCUT2D eigenvalue weighted by Gasteiger charge is -2.25. The number of rotatable bonds is 5. The first kappa shape index (κ1) is 16.5. The fraction of sp³-hybridized carbons (Fsp3) is 0.250. The molecule has 1 fully saturated rings. The quantitative estimate of drug-likeness (QED) is 0.628. The molecule has 0 amide bonds. The SMILES string of the molecule is O=c1ccn(CN(Cc2cccc(F)c2)C2CC2)c2c(Br)cccc12. The van der Waals surface area contributed by atoms with E-state index in [0.29, 0.717) is 24.6 Å². The largest absolute Gasteiger partial charge is 0.333 e. The number of hydrogen-bond acceptors (Lipinski definition) is 2. The van der Waals surface area contributed by atoms with Gasteiger partial charge in [0.1, 0.15) is 5.82 Å². The summed E-state index contributed by atoms with van der Waals surface area (Å²) < 4.78 is 16.5. The highest BCUT2D eigenvalue weighted by Crippen LogP contribution is 2.30. The Labute approximate surface area is 153 Å². The van der Waals surface area contributed by atoms with Crippen LogP contribution in [-0.2, 0) is 13.2 Å². The molecule has 1 aromatic heterocycles. The second kappa shape index (κ2) is 6.73. The molecule has 5 heteroatoms. The van der Waals surface area contributed by atoms with E-state index in [4.69, 9.17) is 0 Å². The second-order valence-corrected chi connectivity index (χ2v) is 7.39. The van der Waals surface area contributed by atoms with Crippen LogP contribution in [0.4, 0.5) is 4.39 Å². The first-order chi connectivity index (χ1) is 12.1. The molecule has 0 atom stereocenters. The van der Waals surface area contributed by atoms with Gasteiger partial charge in [0.05, 0.1) is 12.2 Å². The summed E-state index contributed by atoms with van der Waals surface area (Å²) in [7, 11) is 0. The highest BCUT2D eigenvalue weighted by molar-refractivity contribution is 9.10. The Morgan fingerprint density at radius 3 is 2.72 bits per heavy atom. The molecule has 1 saturated carbocycles. The maximum absolute atomic E-state index is 13.5. The summed E-state index contributed by atoms with van der Waals surface area (Å²) in [5.41, 5.74) is 1.90. The lowest BCUT2D eigenvalue weighted by atomic mass is 10.2. The molecule has 0 unspecified atom stereocenters. The molecule has 1 aliphatic rings. The summed E-state index contributed by atoms with van der Waals surface area (Å²) in [6.07, 6.45) is 4.17. The van der Waals surface area contributed by atoms with Gasteiger partial charge in [0.25, 0.3) is 0 Å². The molecule has 3 aromatic rings. The van der Waals surface area contributed by atoms with Crippen molar-refractivity contribution in [1.29, 1.82) is 0 Å². The van der Waals surface area contributed by atoms with E-state index in [-0.39, 0.29) is 11.2 Å². The summed E-state index contributed by atoms with van der Waals surface area (Å²) in [5, 5.41) is 0.707. The van der Waals surface area contributed by atoms with Crippen molar-refractivity contribution in [2.24, 2.45) is 0 Å². The van der Waals surface area contributed by atoms with Gasteiger partial charge in [-0.3, -0.25) is 9.69 Å². The Morgan fingerprint density at radius 2 is 1.96 bits per heavy atom. The molecule has 25 heavy (non-hydrogen) atoms. The summed E-state index contributed by atoms with van der Waals surface area (Å²) in [4.78, 5) is 14.5. The molecule has 0 saturated heterocycles. The minimum atomic E-state index is -0.204. The van der Waals surface area contributed by atoms with Crippen LogP contribution < -0.4 is 5.43 Å². The molecule has 1 heterocycles. The second-order valence-electron chi connectivity index (χ2n) is 6.54. The molecule has 3 nitrogen and oxygen atoms in total. The van der Waals surface area contributed by atoms with Crippen molar-refractivity contribution < 1.29 is 4.39 Å². The van der Waals surface area contributed by atoms with Crippen molar-refractivity contribution in [3.05, 3.63) is 80.8 Å². The summed E-state index contributed by atoms with van der Waals surface area (Å²) in [6.45, 7) is 1.36. The Morgan fingerprint density at radius 1 is 1.16 bits per heavy atom. The lowest BCUT2D eigenvalue weighted by Crippen LogP contribution is -2.29. The third kappa shape index (κ3) is 3.53. The average Bonchev–Trinajstić information content (AvgIpc) is 3.42. The number of benzene rings is 2. The molecule has 0 spiro atoms. The van der Waals surface area contributed by atoms with Crippen LogP contribution in [0.5, 0.6) is 0 Å². The summed E-state index contributed by atoms with van der Waals surface area (Å²) in [6, 6.07) is 14.6. The first-order valence-corrected chi connectivity index (χ1v) is 9.17. The van der Waals surface area contributed by atoms with Gasteiger partial charge in [-0.1, -0.05) is 18.2 Å². The standard InChI is InChI=1S/C20H18BrFN2O/c21-18-6-2-5-17-19(25)9-10-23(20(17)18)13-24(16-7-8-16)12-14-3-1-4-15(22)11-14/h1-6,9-11,16H,7-8,12-13H2. The molecule has 2 aromatic carbocycles. The van der Waals surface area contributed by atoms with Gasteiger partial charge in [0.15, 0.2) is 5.43 Å². The third-order valence-corrected chi connectivity index (χ3v) is 5.26. The van der Waals surface area contributed by atoms with Gasteiger partial charge in [-0.05, 0) is 58.6 Å². The molecule has 1 aliphatic carbocycles. The van der Waals surface area contributed by atoms with Crippen molar-refractivity contribution in [3.63, 3.8) is 0 Å². The van der Waals surface area contributed by atoms with Crippen molar-refractivity contribution in [2.45, 2.75) is 32.1 Å². The Bertz CT molecular complexity index is 981. The molecule has 0 bridgehead atoms. The van der Waals surface area contributed by atoms with Crippen LogP contribution in [0.3, 0.4) is 0 Å². The van der Waals surface area contributed by atoms with Crippen LogP contribution in [-0.4, -0.2) is 15.5 Å². The summed E-state index contributed by atoms with van der Waals surface area (Å²) in [5.74, 6) is -0.204. The van der Waals surface area contributed by atoms with Crippen molar-refractivity contribution in [2.75, 3.05) is 0 Å². The number of pyridine rings is 1. The van der Waals surface area contributed by atoms with Crippen LogP contribution in [0.15, 0.2) is 64.0 Å². The summed E-state index contributed by atoms with van der Waals surface area (Å²) >= 11 is 3.57. The van der Waals surface area contributed by atoms with E-state index >= 15 is 0 Å². The molecule has 0 aliphatic heterocycles. The van der Waals surface area contributed by atoms with Gasteiger partial charge in [-0.2, -0.15) is 0 Å². The van der Waals surface area contributed by atoms with Gasteiger partial charge in [-0.25, -0.2) is 4.39 Å². The van der Waals surface area contributed by atoms with Crippen molar-refractivity contribution >= 4 is 26.8 Å². The number of hydrogen-bond donors (Lipinski definition) is 0. The predicted molar refractivity (Wildman–Crippen MR) is 101 cm³/mol. The minimum absolute atomic E-state index is 0.0238. The molecule has 4 rings (SSSR count). The Kier molecular flexibility index (Phi) is 4.44. The van der Waals surface area contributed by atoms with E-state index < -0.39 is 0 Å². The van der Waals surface area contributed by atoms with Crippen LogP contribution >= 0.6 is 15.9 Å². The highest BCUT2D eigenvalue weighted by atomic mass is 79.9. The van der Waals surface area contributed by atoms with Gasteiger partial charge in [0, 0.05) is 34.7 Å². The predicted octanol–water partition coefficient (Wildman–Crippen LogP) is 4.53. The van der Waals surface area contributed by atoms with Crippen LogP contribution in [0.25, 0.3) is 10.9 Å². The maximum Gasteiger partial charge on any atom is 0.189 e. The molecule has 0 radical (unpaired) electrons. The van der Waals surface area contributed by atoms with Crippen molar-refractivity contribution in [3.8, 4) is 0 Å². The zero-order chi connectivity index (χ0) is 17.4. The zero-order valence-corrected chi connectivity index (χ0v) is 15.2. The minimum Gasteiger partial charge on any atom is -0.333 e. The smallest absolute Gasteiger partial charge is 0.189 e. The lowest BCUT2D eigenvalue weighted by molar-refractivity contribution is 0.201. The van der Waals surface area contributed by atoms with Crippen LogP contribution in [0, 0.1) is 5.82 Å². The third-order valence-electron chi connectivity index (χ3n) is 4.62. The Hall–Kier alpha value is -1.98. The van der Waals surface area contributed by atoms with E-state index in [2.05, 4.69) is 25.4 Å². The van der Waals surface area contributed by atoms with E-state index in [1.165, 1.54) is 6.07 Å². The normalized spacial score (nSPS) is 14.4. The molecular weight excluding hydrogens is 383 g/mol. The number of halogens is 2. The van der Waals surface area contributed by atoms with E-state index in [1.54, 1.807) is 18.2 Å². The fourth-order valence-electron chi connectivity index (χ4n) is 3.25. The van der Waals surface area contributed by atoms with Crippen LogP contribution in [0.1, 0.15) is 18.4 Å². The Balaban J connectivity index is 1.68. The highest BCUT2D eigenvalue weighted by Gasteiger charge is 2.29. The average molecular weight is 401 g/mol. The van der Waals surface area contributed by atoms with Gasteiger partial charge < -0.3 is 4.57 Å². The van der Waals surface area contributed by atoms with Gasteiger partial charge in [-0.15, -0.1) is 0 Å². The molecule has 0 N–H and O–H groups in total. The molecule has 128 valence electrons. The number of para-hydroxylation sites is 1.